The second-order valence-corrected chi connectivity index (χ2v) is 7.66. The van der Waals surface area contributed by atoms with Crippen LogP contribution in [0.3, 0.4) is 0 Å². The van der Waals surface area contributed by atoms with E-state index in [2.05, 4.69) is 65.4 Å². The quantitative estimate of drug-likeness (QED) is 0.429. The Kier molecular flexibility index (Phi) is 8.04. The number of nitrogens with zero attached hydrogens (tertiary/aromatic N) is 1. The summed E-state index contributed by atoms with van der Waals surface area (Å²) in [6, 6.07) is 18.3. The Morgan fingerprint density at radius 1 is 1.03 bits per heavy atom. The molecule has 0 bridgehead atoms. The molecule has 0 amide bonds. The Labute approximate surface area is 184 Å². The number of fused-ring (bicyclic) bond motifs is 1. The molecule has 3 aromatic rings. The number of allylic oxidation sites excluding steroid dienone is 3. The van der Waals surface area contributed by atoms with Gasteiger partial charge < -0.3 is 10.1 Å². The number of anilines is 1. The van der Waals surface area contributed by atoms with Crippen LogP contribution in [0.1, 0.15) is 43.4 Å². The maximum Gasteiger partial charge on any atom is 0.188 e. The van der Waals surface area contributed by atoms with Gasteiger partial charge in [-0.3, -0.25) is 0 Å². The van der Waals surface area contributed by atoms with Crippen molar-refractivity contribution in [3.8, 4) is 5.75 Å². The third-order valence-electron chi connectivity index (χ3n) is 4.37. The summed E-state index contributed by atoms with van der Waals surface area (Å²) in [7, 11) is 0. The Hall–Kier alpha value is -3.11. The van der Waals surface area contributed by atoms with Crippen LogP contribution in [0.15, 0.2) is 79.0 Å². The SMILES string of the molecule is C=C(Cc1ccc(OCc2ccccc2)cc1)Nc1nc2c(s1)C=CCC=C2.CC.[HH]. The first kappa shape index (κ1) is 21.6. The lowest BCUT2D eigenvalue weighted by atomic mass is 10.1. The predicted octanol–water partition coefficient (Wildman–Crippen LogP) is 7.59. The summed E-state index contributed by atoms with van der Waals surface area (Å²) >= 11 is 1.65. The summed E-state index contributed by atoms with van der Waals surface area (Å²) in [6.45, 7) is 8.73. The molecular weight excluding hydrogens is 388 g/mol. The van der Waals surface area contributed by atoms with Crippen molar-refractivity contribution in [2.45, 2.75) is 33.3 Å². The minimum atomic E-state index is 0. The molecule has 1 aliphatic rings. The minimum absolute atomic E-state index is 0. The maximum atomic E-state index is 5.85. The second-order valence-electron chi connectivity index (χ2n) is 6.63. The number of nitrogens with one attached hydrogen (secondary N) is 1. The highest BCUT2D eigenvalue weighted by molar-refractivity contribution is 7.16. The van der Waals surface area contributed by atoms with Crippen LogP contribution in [0, 0.1) is 0 Å². The molecular formula is C26H30N2OS. The molecule has 0 spiro atoms. The molecule has 156 valence electrons. The van der Waals surface area contributed by atoms with Crippen molar-refractivity contribution >= 4 is 28.6 Å². The summed E-state index contributed by atoms with van der Waals surface area (Å²) in [4.78, 5) is 5.83. The summed E-state index contributed by atoms with van der Waals surface area (Å²) in [5.41, 5.74) is 4.29. The number of hydrogen-bond donors (Lipinski definition) is 1. The highest BCUT2D eigenvalue weighted by Gasteiger charge is 2.09. The molecule has 4 rings (SSSR count). The molecule has 3 nitrogen and oxygen atoms in total. The molecule has 4 heteroatoms. The summed E-state index contributed by atoms with van der Waals surface area (Å²) < 4.78 is 5.85. The highest BCUT2D eigenvalue weighted by atomic mass is 32.1. The van der Waals surface area contributed by atoms with Gasteiger partial charge in [0.05, 0.1) is 10.6 Å². The number of ether oxygens (including phenoxy) is 1. The van der Waals surface area contributed by atoms with E-state index in [0.29, 0.717) is 6.61 Å². The maximum absolute atomic E-state index is 5.85. The van der Waals surface area contributed by atoms with Crippen molar-refractivity contribution in [3.05, 3.63) is 101 Å². The van der Waals surface area contributed by atoms with E-state index < -0.39 is 0 Å². The van der Waals surface area contributed by atoms with Crippen LogP contribution in [-0.2, 0) is 13.0 Å². The first-order chi connectivity index (χ1) is 14.8. The van der Waals surface area contributed by atoms with Crippen LogP contribution in [0.2, 0.25) is 0 Å². The molecule has 0 unspecified atom stereocenters. The number of rotatable bonds is 7. The third-order valence-corrected chi connectivity index (χ3v) is 5.32. The monoisotopic (exact) mass is 418 g/mol. The first-order valence-corrected chi connectivity index (χ1v) is 11.1. The molecule has 30 heavy (non-hydrogen) atoms. The molecule has 0 saturated heterocycles. The Morgan fingerprint density at radius 3 is 2.53 bits per heavy atom. The number of thiazole rings is 1. The lowest BCUT2D eigenvalue weighted by Gasteiger charge is -2.09. The van der Waals surface area contributed by atoms with Gasteiger partial charge in [-0.15, -0.1) is 0 Å². The van der Waals surface area contributed by atoms with Gasteiger partial charge in [0.2, 0.25) is 0 Å². The average Bonchev–Trinajstić information content (AvgIpc) is 3.03. The Balaban J connectivity index is 0.00000111. The fourth-order valence-corrected chi connectivity index (χ4v) is 3.89. The highest BCUT2D eigenvalue weighted by Crippen LogP contribution is 2.28. The van der Waals surface area contributed by atoms with Gasteiger partial charge in [0.25, 0.3) is 0 Å². The normalized spacial score (nSPS) is 11.7. The van der Waals surface area contributed by atoms with Gasteiger partial charge in [-0.25, -0.2) is 4.98 Å². The van der Waals surface area contributed by atoms with Gasteiger partial charge >= 0.3 is 0 Å². The van der Waals surface area contributed by atoms with Crippen LogP contribution in [0.25, 0.3) is 12.2 Å². The molecule has 0 fully saturated rings. The van der Waals surface area contributed by atoms with Gasteiger partial charge in [-0.2, -0.15) is 0 Å². The molecule has 0 atom stereocenters. The van der Waals surface area contributed by atoms with E-state index in [1.165, 1.54) is 10.4 Å². The summed E-state index contributed by atoms with van der Waals surface area (Å²) in [5.74, 6) is 0.869. The van der Waals surface area contributed by atoms with Crippen LogP contribution in [0.5, 0.6) is 5.75 Å². The predicted molar refractivity (Wildman–Crippen MR) is 132 cm³/mol. The van der Waals surface area contributed by atoms with Crippen LogP contribution in [-0.4, -0.2) is 4.98 Å². The van der Waals surface area contributed by atoms with E-state index in [9.17, 15) is 0 Å². The standard InChI is InChI=1S/C24H22N2OS.C2H6.H2/c1-18(25-24-26-22-10-6-3-7-11-23(22)28-24)16-19-12-14-21(15-13-19)27-17-20-8-4-2-5-9-20;1-2;/h2,4-15H,1,3,16-17H2,(H,25,26);1-2H3;1H. The van der Waals surface area contributed by atoms with Gasteiger partial charge in [-0.05, 0) is 41.8 Å². The van der Waals surface area contributed by atoms with E-state index in [0.717, 1.165) is 40.7 Å². The molecule has 1 aromatic heterocycles. The van der Waals surface area contributed by atoms with Gasteiger partial charge in [-0.1, -0.05) is 86.4 Å². The molecule has 0 saturated carbocycles. The van der Waals surface area contributed by atoms with Gasteiger partial charge in [0.1, 0.15) is 12.4 Å². The third kappa shape index (κ3) is 6.19. The topological polar surface area (TPSA) is 34.1 Å². The molecule has 1 aliphatic carbocycles. The van der Waals surface area contributed by atoms with E-state index in [-0.39, 0.29) is 1.43 Å². The lowest BCUT2D eigenvalue weighted by Crippen LogP contribution is -2.01. The van der Waals surface area contributed by atoms with Crippen molar-refractivity contribution in [1.29, 1.82) is 0 Å². The van der Waals surface area contributed by atoms with Crippen molar-refractivity contribution < 1.29 is 6.16 Å². The fourth-order valence-electron chi connectivity index (χ4n) is 2.96. The first-order valence-electron chi connectivity index (χ1n) is 10.3. The zero-order valence-electron chi connectivity index (χ0n) is 17.6. The van der Waals surface area contributed by atoms with Crippen LogP contribution in [0.4, 0.5) is 5.13 Å². The van der Waals surface area contributed by atoms with Gasteiger partial charge in [0.15, 0.2) is 5.13 Å². The zero-order valence-corrected chi connectivity index (χ0v) is 18.4. The van der Waals surface area contributed by atoms with E-state index >= 15 is 0 Å². The average molecular weight is 419 g/mol. The second kappa shape index (κ2) is 11.2. The molecule has 0 aliphatic heterocycles. The summed E-state index contributed by atoms with van der Waals surface area (Å²) in [5, 5.41) is 4.23. The van der Waals surface area contributed by atoms with Crippen molar-refractivity contribution in [1.82, 2.24) is 4.98 Å². The van der Waals surface area contributed by atoms with Crippen molar-refractivity contribution in [2.75, 3.05) is 5.32 Å². The van der Waals surface area contributed by atoms with E-state index in [4.69, 9.17) is 4.74 Å². The van der Waals surface area contributed by atoms with E-state index in [1.807, 2.05) is 44.2 Å². The number of aromatic nitrogens is 1. The number of benzene rings is 2. The van der Waals surface area contributed by atoms with Crippen LogP contribution < -0.4 is 10.1 Å². The van der Waals surface area contributed by atoms with E-state index in [1.54, 1.807) is 11.3 Å². The molecule has 1 N–H and O–H groups in total. The smallest absolute Gasteiger partial charge is 0.188 e. The fraction of sp³-hybridized carbons (Fsp3) is 0.192. The number of hydrogen-bond acceptors (Lipinski definition) is 4. The molecule has 0 radical (unpaired) electrons. The van der Waals surface area contributed by atoms with Crippen LogP contribution >= 0.6 is 11.3 Å². The summed E-state index contributed by atoms with van der Waals surface area (Å²) in [6.07, 6.45) is 10.2. The van der Waals surface area contributed by atoms with Gasteiger partial charge in [0, 0.05) is 13.5 Å². The Bertz CT molecular complexity index is 978. The zero-order chi connectivity index (χ0) is 21.2. The van der Waals surface area contributed by atoms with Crippen molar-refractivity contribution in [2.24, 2.45) is 0 Å². The largest absolute Gasteiger partial charge is 0.489 e. The molecule has 1 heterocycles. The Morgan fingerprint density at radius 2 is 1.77 bits per heavy atom. The minimum Gasteiger partial charge on any atom is -0.489 e. The van der Waals surface area contributed by atoms with Crippen molar-refractivity contribution in [3.63, 3.8) is 0 Å². The molecule has 2 aromatic carbocycles. The lowest BCUT2D eigenvalue weighted by molar-refractivity contribution is 0.306.